The second-order valence-corrected chi connectivity index (χ2v) is 8.66. The molecular weight excluding hydrogens is 442 g/mol. The molecule has 0 fully saturated rings. The van der Waals surface area contributed by atoms with Crippen molar-refractivity contribution in [3.63, 3.8) is 0 Å². The zero-order valence-corrected chi connectivity index (χ0v) is 19.8. The highest BCUT2D eigenvalue weighted by Gasteiger charge is 2.45. The van der Waals surface area contributed by atoms with E-state index in [0.717, 1.165) is 11.1 Å². The summed E-state index contributed by atoms with van der Waals surface area (Å²) in [6.45, 7) is 1.81. The minimum absolute atomic E-state index is 0.0360. The summed E-state index contributed by atoms with van der Waals surface area (Å²) in [6.07, 6.45) is 0.870. The Hall–Kier alpha value is -3.12. The Morgan fingerprint density at radius 1 is 1.03 bits per heavy atom. The van der Waals surface area contributed by atoms with Crippen molar-refractivity contribution in [1.82, 2.24) is 0 Å². The van der Waals surface area contributed by atoms with E-state index in [4.69, 9.17) is 30.8 Å². The van der Waals surface area contributed by atoms with Gasteiger partial charge in [-0.05, 0) is 48.6 Å². The lowest BCUT2D eigenvalue weighted by Gasteiger charge is -2.36. The molecule has 3 atom stereocenters. The number of nitrogens with zero attached hydrogens (tertiary/aromatic N) is 1. The van der Waals surface area contributed by atoms with E-state index >= 15 is 0 Å². The number of aliphatic imine (C=N–C) groups is 1. The molecule has 6 nitrogen and oxygen atoms in total. The first kappa shape index (κ1) is 23.1. The summed E-state index contributed by atoms with van der Waals surface area (Å²) in [6, 6.07) is 13.0. The Morgan fingerprint density at radius 2 is 1.76 bits per heavy atom. The number of benzene rings is 2. The van der Waals surface area contributed by atoms with Crippen LogP contribution in [0.25, 0.3) is 0 Å². The quantitative estimate of drug-likeness (QED) is 0.571. The summed E-state index contributed by atoms with van der Waals surface area (Å²) < 4.78 is 16.0. The molecule has 172 valence electrons. The lowest BCUT2D eigenvalue weighted by molar-refractivity contribution is -0.143. The van der Waals surface area contributed by atoms with Crippen LogP contribution in [0.2, 0.25) is 5.02 Å². The number of hydrogen-bond donors (Lipinski definition) is 0. The lowest BCUT2D eigenvalue weighted by atomic mass is 9.69. The molecule has 2 aromatic rings. The van der Waals surface area contributed by atoms with Crippen LogP contribution in [0.1, 0.15) is 42.7 Å². The molecule has 33 heavy (non-hydrogen) atoms. The number of hydrogen-bond acceptors (Lipinski definition) is 6. The standard InChI is InChI=1S/C26H26ClNO5/c1-14-23(26(30)33-4)24(15-9-10-21(31-2)22(13-15)32-3)25-19(28-14)11-16(12-20(25)29)17-7-5-6-8-18(17)27/h5-10,13,16,23-24H,11-12H2,1-4H3/t16-,23?,24-/m0/s1. The van der Waals surface area contributed by atoms with Gasteiger partial charge >= 0.3 is 5.97 Å². The van der Waals surface area contributed by atoms with Crippen molar-refractivity contribution >= 4 is 29.1 Å². The van der Waals surface area contributed by atoms with Gasteiger partial charge in [0.15, 0.2) is 17.3 Å². The summed E-state index contributed by atoms with van der Waals surface area (Å²) in [5.41, 5.74) is 3.59. The van der Waals surface area contributed by atoms with Crippen molar-refractivity contribution in [2.75, 3.05) is 21.3 Å². The van der Waals surface area contributed by atoms with Gasteiger partial charge in [0.25, 0.3) is 0 Å². The second-order valence-electron chi connectivity index (χ2n) is 8.26. The van der Waals surface area contributed by atoms with Gasteiger partial charge in [0.2, 0.25) is 0 Å². The molecule has 2 aliphatic rings. The zero-order valence-electron chi connectivity index (χ0n) is 19.1. The van der Waals surface area contributed by atoms with E-state index in [-0.39, 0.29) is 11.7 Å². The Bertz CT molecular complexity index is 1170. The fourth-order valence-electron chi connectivity index (χ4n) is 4.92. The van der Waals surface area contributed by atoms with Crippen LogP contribution < -0.4 is 9.47 Å². The third kappa shape index (κ3) is 4.15. The number of allylic oxidation sites excluding steroid dienone is 2. The van der Waals surface area contributed by atoms with Crippen LogP contribution in [0.4, 0.5) is 0 Å². The summed E-state index contributed by atoms with van der Waals surface area (Å²) in [4.78, 5) is 31.1. The van der Waals surface area contributed by atoms with E-state index in [1.165, 1.54) is 7.11 Å². The maximum atomic E-state index is 13.6. The summed E-state index contributed by atoms with van der Waals surface area (Å²) >= 11 is 6.43. The Balaban J connectivity index is 1.84. The van der Waals surface area contributed by atoms with Gasteiger partial charge in [-0.25, -0.2) is 0 Å². The molecule has 2 aromatic carbocycles. The summed E-state index contributed by atoms with van der Waals surface area (Å²) in [5, 5.41) is 0.639. The van der Waals surface area contributed by atoms with Crippen LogP contribution in [0, 0.1) is 5.92 Å². The summed E-state index contributed by atoms with van der Waals surface area (Å²) in [5.74, 6) is -0.660. The van der Waals surface area contributed by atoms with Crippen molar-refractivity contribution in [3.05, 3.63) is 69.9 Å². The smallest absolute Gasteiger partial charge is 0.315 e. The third-order valence-electron chi connectivity index (χ3n) is 6.46. The average Bonchev–Trinajstić information content (AvgIpc) is 2.82. The molecular formula is C26H26ClNO5. The number of esters is 1. The van der Waals surface area contributed by atoms with E-state index in [1.54, 1.807) is 20.3 Å². The first-order chi connectivity index (χ1) is 15.9. The maximum Gasteiger partial charge on any atom is 0.315 e. The molecule has 0 spiro atoms. The van der Waals surface area contributed by atoms with Gasteiger partial charge in [-0.3, -0.25) is 14.6 Å². The van der Waals surface area contributed by atoms with Crippen LogP contribution in [0.3, 0.4) is 0 Å². The molecule has 1 aliphatic heterocycles. The van der Waals surface area contributed by atoms with Crippen molar-refractivity contribution in [1.29, 1.82) is 0 Å². The molecule has 7 heteroatoms. The highest BCUT2D eigenvalue weighted by Crippen LogP contribution is 2.48. The molecule has 1 aliphatic carbocycles. The lowest BCUT2D eigenvalue weighted by Crippen LogP contribution is -2.37. The van der Waals surface area contributed by atoms with Crippen molar-refractivity contribution in [2.24, 2.45) is 10.9 Å². The molecule has 0 saturated carbocycles. The third-order valence-corrected chi connectivity index (χ3v) is 6.80. The molecule has 0 N–H and O–H groups in total. The van der Waals surface area contributed by atoms with Crippen LogP contribution >= 0.6 is 11.6 Å². The van der Waals surface area contributed by atoms with Crippen LogP contribution in [0.5, 0.6) is 11.5 Å². The predicted octanol–water partition coefficient (Wildman–Crippen LogP) is 5.11. The van der Waals surface area contributed by atoms with E-state index in [1.807, 2.05) is 43.3 Å². The fourth-order valence-corrected chi connectivity index (χ4v) is 5.21. The molecule has 0 saturated heterocycles. The van der Waals surface area contributed by atoms with E-state index in [2.05, 4.69) is 0 Å². The minimum atomic E-state index is -0.701. The monoisotopic (exact) mass is 467 g/mol. The molecule has 0 bridgehead atoms. The van der Waals surface area contributed by atoms with E-state index in [0.29, 0.717) is 46.3 Å². The zero-order chi connectivity index (χ0) is 23.7. The Labute approximate surface area is 198 Å². The van der Waals surface area contributed by atoms with Crippen molar-refractivity contribution in [3.8, 4) is 11.5 Å². The van der Waals surface area contributed by atoms with Crippen molar-refractivity contribution < 1.29 is 23.8 Å². The van der Waals surface area contributed by atoms with Crippen molar-refractivity contribution in [2.45, 2.75) is 31.6 Å². The van der Waals surface area contributed by atoms with Crippen LogP contribution in [0.15, 0.2) is 58.7 Å². The van der Waals surface area contributed by atoms with Gasteiger partial charge in [0, 0.05) is 34.3 Å². The van der Waals surface area contributed by atoms with Gasteiger partial charge in [-0.15, -0.1) is 0 Å². The topological polar surface area (TPSA) is 74.2 Å². The molecule has 0 radical (unpaired) electrons. The Morgan fingerprint density at radius 3 is 2.42 bits per heavy atom. The average molecular weight is 468 g/mol. The maximum absolute atomic E-state index is 13.6. The minimum Gasteiger partial charge on any atom is -0.493 e. The largest absolute Gasteiger partial charge is 0.493 e. The SMILES string of the molecule is COC(=O)C1C(C)=NC2=C(C(=O)C[C@@H](c3ccccc3Cl)C2)[C@H]1c1ccc(OC)c(OC)c1. The number of carbonyl (C=O) groups is 2. The number of Topliss-reactive ketones (excluding diaryl/α,β-unsaturated/α-hetero) is 1. The predicted molar refractivity (Wildman–Crippen MR) is 126 cm³/mol. The summed E-state index contributed by atoms with van der Waals surface area (Å²) in [7, 11) is 4.46. The number of ether oxygens (including phenoxy) is 3. The number of methoxy groups -OCH3 is 3. The first-order valence-electron chi connectivity index (χ1n) is 10.7. The van der Waals surface area contributed by atoms with Gasteiger partial charge in [-0.1, -0.05) is 35.9 Å². The van der Waals surface area contributed by atoms with Gasteiger partial charge in [0.05, 0.1) is 21.3 Å². The van der Waals surface area contributed by atoms with Crippen LogP contribution in [-0.2, 0) is 14.3 Å². The fraction of sp³-hybridized carbons (Fsp3) is 0.346. The van der Waals surface area contributed by atoms with E-state index in [9.17, 15) is 9.59 Å². The second kappa shape index (κ2) is 9.40. The molecule has 4 rings (SSSR count). The van der Waals surface area contributed by atoms with Gasteiger partial charge < -0.3 is 14.2 Å². The molecule has 0 aromatic heterocycles. The Kier molecular flexibility index (Phi) is 6.56. The highest BCUT2D eigenvalue weighted by atomic mass is 35.5. The van der Waals surface area contributed by atoms with E-state index < -0.39 is 17.8 Å². The number of carbonyl (C=O) groups excluding carboxylic acids is 2. The first-order valence-corrected chi connectivity index (χ1v) is 11.1. The van der Waals surface area contributed by atoms with Gasteiger partial charge in [0.1, 0.15) is 5.92 Å². The number of halogens is 1. The molecule has 1 heterocycles. The van der Waals surface area contributed by atoms with Gasteiger partial charge in [-0.2, -0.15) is 0 Å². The number of ketones is 1. The normalized spacial score (nSPS) is 22.4. The van der Waals surface area contributed by atoms with Crippen LogP contribution in [-0.4, -0.2) is 38.8 Å². The molecule has 1 unspecified atom stereocenters. The molecule has 0 amide bonds. The highest BCUT2D eigenvalue weighted by molar-refractivity contribution is 6.31. The number of rotatable bonds is 5.